The number of nitrogens with one attached hydrogen (secondary N) is 2. The Morgan fingerprint density at radius 1 is 1.61 bits per heavy atom. The molecule has 2 atom stereocenters. The van der Waals surface area contributed by atoms with Gasteiger partial charge in [-0.05, 0) is 13.3 Å². The van der Waals surface area contributed by atoms with E-state index in [0.717, 1.165) is 6.42 Å². The van der Waals surface area contributed by atoms with Crippen molar-refractivity contribution >= 4 is 11.8 Å². The van der Waals surface area contributed by atoms with Crippen LogP contribution in [0.4, 0.5) is 0 Å². The van der Waals surface area contributed by atoms with Gasteiger partial charge in [-0.3, -0.25) is 24.9 Å². The van der Waals surface area contributed by atoms with E-state index in [1.165, 1.54) is 11.2 Å². The SMILES string of the molecule is CCC(C)N1C(=O)CC(NCc2ncn[nH]2)C1=O. The maximum atomic E-state index is 12.1. The van der Waals surface area contributed by atoms with E-state index in [1.54, 1.807) is 0 Å². The van der Waals surface area contributed by atoms with Crippen LogP contribution >= 0.6 is 0 Å². The first kappa shape index (κ1) is 12.7. The maximum Gasteiger partial charge on any atom is 0.247 e. The number of carbonyl (C=O) groups is 2. The molecule has 2 N–H and O–H groups in total. The molecule has 1 aromatic heterocycles. The molecular formula is C11H17N5O2. The van der Waals surface area contributed by atoms with Crippen molar-refractivity contribution < 1.29 is 9.59 Å². The van der Waals surface area contributed by atoms with Gasteiger partial charge in [0.15, 0.2) is 0 Å². The molecule has 1 aromatic rings. The molecule has 7 nitrogen and oxygen atoms in total. The summed E-state index contributed by atoms with van der Waals surface area (Å²) in [4.78, 5) is 29.2. The predicted molar refractivity (Wildman–Crippen MR) is 63.2 cm³/mol. The molecule has 1 fully saturated rings. The van der Waals surface area contributed by atoms with Crippen molar-refractivity contribution in [3.8, 4) is 0 Å². The smallest absolute Gasteiger partial charge is 0.247 e. The van der Waals surface area contributed by atoms with Gasteiger partial charge in [-0.15, -0.1) is 0 Å². The van der Waals surface area contributed by atoms with Crippen LogP contribution in [0.15, 0.2) is 6.33 Å². The molecule has 2 unspecified atom stereocenters. The second kappa shape index (κ2) is 5.26. The zero-order valence-electron chi connectivity index (χ0n) is 10.5. The molecule has 18 heavy (non-hydrogen) atoms. The van der Waals surface area contributed by atoms with Gasteiger partial charge in [-0.1, -0.05) is 6.92 Å². The normalized spacial score (nSPS) is 21.7. The Hall–Kier alpha value is -1.76. The lowest BCUT2D eigenvalue weighted by molar-refractivity contribution is -0.141. The number of hydrogen-bond donors (Lipinski definition) is 2. The fourth-order valence-corrected chi connectivity index (χ4v) is 1.99. The standard InChI is InChI=1S/C11H17N5O2/c1-3-7(2)16-10(17)4-8(11(16)18)12-5-9-13-6-14-15-9/h6-8,12H,3-5H2,1-2H3,(H,13,14,15). The highest BCUT2D eigenvalue weighted by atomic mass is 16.2. The maximum absolute atomic E-state index is 12.1. The Morgan fingerprint density at radius 2 is 2.39 bits per heavy atom. The zero-order valence-corrected chi connectivity index (χ0v) is 10.5. The first-order chi connectivity index (χ1) is 8.63. The number of nitrogens with zero attached hydrogens (tertiary/aromatic N) is 3. The third-order valence-electron chi connectivity index (χ3n) is 3.20. The molecule has 1 saturated heterocycles. The van der Waals surface area contributed by atoms with Crippen LogP contribution in [0.5, 0.6) is 0 Å². The van der Waals surface area contributed by atoms with Crippen LogP contribution in [0, 0.1) is 0 Å². The third kappa shape index (κ3) is 2.40. The summed E-state index contributed by atoms with van der Waals surface area (Å²) in [7, 11) is 0. The highest BCUT2D eigenvalue weighted by Crippen LogP contribution is 2.18. The monoisotopic (exact) mass is 251 g/mol. The van der Waals surface area contributed by atoms with E-state index in [0.29, 0.717) is 12.4 Å². The first-order valence-corrected chi connectivity index (χ1v) is 6.07. The van der Waals surface area contributed by atoms with Gasteiger partial charge in [0, 0.05) is 6.04 Å². The molecule has 0 aromatic carbocycles. The van der Waals surface area contributed by atoms with Crippen LogP contribution in [0.25, 0.3) is 0 Å². The third-order valence-corrected chi connectivity index (χ3v) is 3.20. The number of rotatable bonds is 5. The molecule has 0 saturated carbocycles. The molecule has 2 rings (SSSR count). The molecule has 0 radical (unpaired) electrons. The Balaban J connectivity index is 1.95. The molecule has 7 heteroatoms. The summed E-state index contributed by atoms with van der Waals surface area (Å²) < 4.78 is 0. The molecular weight excluding hydrogens is 234 g/mol. The summed E-state index contributed by atoms with van der Waals surface area (Å²) in [6.45, 7) is 4.24. The molecule has 0 spiro atoms. The van der Waals surface area contributed by atoms with Gasteiger partial charge in [-0.25, -0.2) is 4.98 Å². The van der Waals surface area contributed by atoms with E-state index in [-0.39, 0.29) is 24.3 Å². The summed E-state index contributed by atoms with van der Waals surface area (Å²) in [6, 6.07) is -0.487. The lowest BCUT2D eigenvalue weighted by Crippen LogP contribution is -2.42. The van der Waals surface area contributed by atoms with Gasteiger partial charge in [0.1, 0.15) is 12.2 Å². The Morgan fingerprint density at radius 3 is 3.00 bits per heavy atom. The minimum Gasteiger partial charge on any atom is -0.298 e. The minimum atomic E-state index is -0.448. The van der Waals surface area contributed by atoms with Crippen LogP contribution in [0.2, 0.25) is 0 Å². The number of H-pyrrole nitrogens is 1. The van der Waals surface area contributed by atoms with Gasteiger partial charge in [0.25, 0.3) is 0 Å². The number of aromatic amines is 1. The largest absolute Gasteiger partial charge is 0.298 e. The molecule has 1 aliphatic heterocycles. The van der Waals surface area contributed by atoms with Crippen LogP contribution < -0.4 is 5.32 Å². The number of likely N-dealkylation sites (tertiary alicyclic amines) is 1. The summed E-state index contributed by atoms with van der Waals surface area (Å²) >= 11 is 0. The Kier molecular flexibility index (Phi) is 3.71. The van der Waals surface area contributed by atoms with E-state index in [2.05, 4.69) is 20.5 Å². The molecule has 2 amide bonds. The molecule has 1 aliphatic rings. The number of hydrogen-bond acceptors (Lipinski definition) is 5. The molecule has 0 aliphatic carbocycles. The van der Waals surface area contributed by atoms with Crippen LogP contribution in [-0.2, 0) is 16.1 Å². The van der Waals surface area contributed by atoms with E-state index < -0.39 is 6.04 Å². The first-order valence-electron chi connectivity index (χ1n) is 6.07. The van der Waals surface area contributed by atoms with Crippen LogP contribution in [-0.4, -0.2) is 44.0 Å². The Labute approximate surface area is 105 Å². The van der Waals surface area contributed by atoms with E-state index in [9.17, 15) is 9.59 Å². The fraction of sp³-hybridized carbons (Fsp3) is 0.636. The highest BCUT2D eigenvalue weighted by molar-refractivity contribution is 6.05. The summed E-state index contributed by atoms with van der Waals surface area (Å²) in [5.41, 5.74) is 0. The lowest BCUT2D eigenvalue weighted by Gasteiger charge is -2.21. The van der Waals surface area contributed by atoms with E-state index in [1.807, 2.05) is 13.8 Å². The van der Waals surface area contributed by atoms with Crippen molar-refractivity contribution in [2.75, 3.05) is 0 Å². The van der Waals surface area contributed by atoms with Crippen molar-refractivity contribution in [1.29, 1.82) is 0 Å². The van der Waals surface area contributed by atoms with Crippen molar-refractivity contribution in [3.63, 3.8) is 0 Å². The second-order valence-electron chi connectivity index (χ2n) is 4.43. The zero-order chi connectivity index (χ0) is 13.1. The van der Waals surface area contributed by atoms with Gasteiger partial charge in [0.2, 0.25) is 11.8 Å². The average molecular weight is 251 g/mol. The summed E-state index contributed by atoms with van der Waals surface area (Å²) in [6.07, 6.45) is 2.40. The minimum absolute atomic E-state index is 0.0397. The van der Waals surface area contributed by atoms with Gasteiger partial charge in [-0.2, -0.15) is 5.10 Å². The number of amides is 2. The highest BCUT2D eigenvalue weighted by Gasteiger charge is 2.40. The van der Waals surface area contributed by atoms with Crippen molar-refractivity contribution in [3.05, 3.63) is 12.2 Å². The number of imide groups is 1. The quantitative estimate of drug-likeness (QED) is 0.708. The van der Waals surface area contributed by atoms with E-state index in [4.69, 9.17) is 0 Å². The Bertz CT molecular complexity index is 431. The summed E-state index contributed by atoms with van der Waals surface area (Å²) in [5, 5.41) is 9.45. The predicted octanol–water partition coefficient (Wildman–Crippen LogP) is -0.180. The van der Waals surface area contributed by atoms with E-state index >= 15 is 0 Å². The fourth-order valence-electron chi connectivity index (χ4n) is 1.99. The topological polar surface area (TPSA) is 91.0 Å². The number of carbonyl (C=O) groups excluding carboxylic acids is 2. The second-order valence-corrected chi connectivity index (χ2v) is 4.43. The number of aromatic nitrogens is 3. The molecule has 0 bridgehead atoms. The summed E-state index contributed by atoms with van der Waals surface area (Å²) in [5.74, 6) is 0.399. The van der Waals surface area contributed by atoms with Crippen LogP contribution in [0.3, 0.4) is 0 Å². The molecule has 2 heterocycles. The van der Waals surface area contributed by atoms with Crippen LogP contribution in [0.1, 0.15) is 32.5 Å². The van der Waals surface area contributed by atoms with Gasteiger partial charge in [0.05, 0.1) is 19.0 Å². The average Bonchev–Trinajstić information content (AvgIpc) is 2.95. The van der Waals surface area contributed by atoms with Gasteiger partial charge >= 0.3 is 0 Å². The van der Waals surface area contributed by atoms with Crippen molar-refractivity contribution in [2.24, 2.45) is 0 Å². The van der Waals surface area contributed by atoms with Gasteiger partial charge < -0.3 is 0 Å². The van der Waals surface area contributed by atoms with Crippen molar-refractivity contribution in [1.82, 2.24) is 25.4 Å². The van der Waals surface area contributed by atoms with Crippen molar-refractivity contribution in [2.45, 2.75) is 45.3 Å². The molecule has 98 valence electrons. The lowest BCUT2D eigenvalue weighted by atomic mass is 10.2.